The van der Waals surface area contributed by atoms with Crippen LogP contribution in [0.4, 0.5) is 0 Å². The molecule has 1 atom stereocenters. The number of pyridine rings is 1. The lowest BCUT2D eigenvalue weighted by Gasteiger charge is -2.31. The van der Waals surface area contributed by atoms with Crippen LogP contribution in [-0.2, 0) is 5.66 Å². The Hall–Kier alpha value is -6.01. The monoisotopic (exact) mass is 593 g/mol. The molecule has 0 saturated carbocycles. The van der Waals surface area contributed by atoms with Crippen LogP contribution in [0.15, 0.2) is 128 Å². The first-order valence-electron chi connectivity index (χ1n) is 15.7. The van der Waals surface area contributed by atoms with E-state index >= 15 is 0 Å². The maximum absolute atomic E-state index is 6.78. The van der Waals surface area contributed by atoms with Gasteiger partial charge in [-0.1, -0.05) is 71.4 Å². The first-order chi connectivity index (χ1) is 22.7. The highest BCUT2D eigenvalue weighted by molar-refractivity contribution is 6.11. The third kappa shape index (κ3) is 2.65. The highest BCUT2D eigenvalue weighted by Crippen LogP contribution is 2.55. The molecule has 0 radical (unpaired) electrons. The summed E-state index contributed by atoms with van der Waals surface area (Å²) in [6.07, 6.45) is 4.41. The molecule has 6 heteroatoms. The third-order valence-electron chi connectivity index (χ3n) is 10.3. The number of rotatable bonds is 2. The quantitative estimate of drug-likeness (QED) is 0.195. The normalized spacial score (nSPS) is 16.3. The summed E-state index contributed by atoms with van der Waals surface area (Å²) in [5.41, 5.74) is 11.8. The minimum Gasteiger partial charge on any atom is -0.456 e. The van der Waals surface area contributed by atoms with Gasteiger partial charge in [-0.25, -0.2) is 0 Å². The second-order valence-corrected chi connectivity index (χ2v) is 12.6. The van der Waals surface area contributed by atoms with Crippen molar-refractivity contribution < 1.29 is 14.1 Å². The van der Waals surface area contributed by atoms with E-state index in [-0.39, 0.29) is 0 Å². The highest BCUT2D eigenvalue weighted by atomic mass is 16.5. The van der Waals surface area contributed by atoms with Crippen LogP contribution in [0.2, 0.25) is 0 Å². The van der Waals surface area contributed by atoms with Crippen molar-refractivity contribution in [1.29, 1.82) is 0 Å². The molecule has 1 unspecified atom stereocenters. The zero-order chi connectivity index (χ0) is 30.3. The van der Waals surface area contributed by atoms with Crippen molar-refractivity contribution in [3.63, 3.8) is 0 Å². The van der Waals surface area contributed by atoms with E-state index in [1.54, 1.807) is 0 Å². The van der Waals surface area contributed by atoms with E-state index in [0.717, 1.165) is 45.3 Å². The molecular weight excluding hydrogens is 566 g/mol. The van der Waals surface area contributed by atoms with Crippen molar-refractivity contribution in [3.8, 4) is 45.4 Å². The van der Waals surface area contributed by atoms with Crippen molar-refractivity contribution in [1.82, 2.24) is 14.3 Å². The van der Waals surface area contributed by atoms with Gasteiger partial charge >= 0.3 is 5.66 Å². The molecular formula is C40H27N5O+2. The van der Waals surface area contributed by atoms with E-state index in [1.165, 1.54) is 44.1 Å². The lowest BCUT2D eigenvalue weighted by molar-refractivity contribution is -1.02. The van der Waals surface area contributed by atoms with Gasteiger partial charge < -0.3 is 4.74 Å². The van der Waals surface area contributed by atoms with Gasteiger partial charge in [0.05, 0.1) is 11.0 Å². The predicted octanol–water partition coefficient (Wildman–Crippen LogP) is 7.53. The summed E-state index contributed by atoms with van der Waals surface area (Å²) in [4.78, 5) is 2.20. The molecule has 1 spiro atoms. The molecule has 0 amide bonds. The predicted molar refractivity (Wildman–Crippen MR) is 177 cm³/mol. The van der Waals surface area contributed by atoms with Gasteiger partial charge in [0.25, 0.3) is 5.82 Å². The number of fused-ring (bicyclic) bond motifs is 7. The van der Waals surface area contributed by atoms with Crippen molar-refractivity contribution >= 4 is 21.8 Å². The molecule has 216 valence electrons. The summed E-state index contributed by atoms with van der Waals surface area (Å²) in [5, 5.41) is 8.02. The Morgan fingerprint density at radius 2 is 1.54 bits per heavy atom. The number of aromatic nitrogens is 5. The van der Waals surface area contributed by atoms with Gasteiger partial charge in [0.15, 0.2) is 22.3 Å². The molecule has 0 bridgehead atoms. The molecule has 0 aliphatic carbocycles. The lowest BCUT2D eigenvalue weighted by atomic mass is 9.84. The fourth-order valence-electron chi connectivity index (χ4n) is 8.55. The Morgan fingerprint density at radius 1 is 0.717 bits per heavy atom. The van der Waals surface area contributed by atoms with E-state index in [0.29, 0.717) is 0 Å². The van der Waals surface area contributed by atoms with Crippen LogP contribution in [0, 0.1) is 13.8 Å². The van der Waals surface area contributed by atoms with Gasteiger partial charge in [-0.2, -0.15) is 9.13 Å². The first-order valence-corrected chi connectivity index (χ1v) is 15.7. The van der Waals surface area contributed by atoms with Crippen molar-refractivity contribution in [2.75, 3.05) is 0 Å². The molecule has 3 aliphatic heterocycles. The standard InChI is InChI=1S/C40H27N5O/c1-24-18-19-27(26-11-4-3-5-12-26)25(2)36(24)30-23-43-32-15-10-16-33-37(32)40(45(43)41-30)38-34(46-33)21-20-29-28-13-6-7-14-31(28)44(39(29)38)35-17-8-9-22-42(35)40/h3-23H,1-2H3/q+2. The molecule has 0 fully saturated rings. The number of hydrogen-bond acceptors (Lipinski definition) is 2. The lowest BCUT2D eigenvalue weighted by Crippen LogP contribution is -2.77. The molecule has 3 aromatic heterocycles. The van der Waals surface area contributed by atoms with Crippen molar-refractivity contribution in [2.24, 2.45) is 0 Å². The van der Waals surface area contributed by atoms with Crippen molar-refractivity contribution in [2.45, 2.75) is 19.5 Å². The fourth-order valence-corrected chi connectivity index (χ4v) is 8.55. The van der Waals surface area contributed by atoms with E-state index < -0.39 is 5.66 Å². The Balaban J connectivity index is 1.29. The summed E-state index contributed by atoms with van der Waals surface area (Å²) in [5.74, 6) is 2.80. The SMILES string of the molecule is Cc1ccc(-c2ccccc2)c(C)c1-c1cn2[n+](n1)C13c4c(cccc4-2)Oc2ccc4c5ccccc5n(c4c21)-c1cccc[n+]13. The summed E-state index contributed by atoms with van der Waals surface area (Å²) >= 11 is 0. The average molecular weight is 594 g/mol. The molecule has 5 aromatic carbocycles. The molecule has 8 aromatic rings. The maximum atomic E-state index is 6.78. The van der Waals surface area contributed by atoms with E-state index in [9.17, 15) is 0 Å². The van der Waals surface area contributed by atoms with E-state index in [1.807, 2.05) is 0 Å². The topological polar surface area (TPSA) is 39.7 Å². The van der Waals surface area contributed by atoms with Crippen LogP contribution in [-0.4, -0.2) is 14.3 Å². The molecule has 6 nitrogen and oxygen atoms in total. The van der Waals surface area contributed by atoms with Crippen LogP contribution in [0.25, 0.3) is 55.7 Å². The Kier molecular flexibility index (Phi) is 4.32. The Bertz CT molecular complexity index is 2650. The van der Waals surface area contributed by atoms with Crippen LogP contribution in [0.3, 0.4) is 0 Å². The minimum absolute atomic E-state index is 0.795. The zero-order valence-electron chi connectivity index (χ0n) is 25.3. The summed E-state index contributed by atoms with van der Waals surface area (Å²) in [7, 11) is 0. The average Bonchev–Trinajstić information content (AvgIpc) is 3.75. The Labute approximate surface area is 264 Å². The molecule has 6 heterocycles. The second-order valence-electron chi connectivity index (χ2n) is 12.6. The smallest absolute Gasteiger partial charge is 0.423 e. The number of nitrogens with zero attached hydrogens (tertiary/aromatic N) is 5. The minimum atomic E-state index is -0.795. The number of hydrogen-bond donors (Lipinski definition) is 0. The first kappa shape index (κ1) is 24.3. The van der Waals surface area contributed by atoms with Crippen LogP contribution >= 0.6 is 0 Å². The van der Waals surface area contributed by atoms with Crippen LogP contribution in [0.1, 0.15) is 22.3 Å². The summed E-state index contributed by atoms with van der Waals surface area (Å²) in [6, 6.07) is 41.0. The fraction of sp³-hybridized carbons (Fsp3) is 0.0750. The summed E-state index contributed by atoms with van der Waals surface area (Å²) < 4.78 is 13.8. The third-order valence-corrected chi connectivity index (χ3v) is 10.3. The number of para-hydroxylation sites is 1. The van der Waals surface area contributed by atoms with Crippen LogP contribution < -0.4 is 14.1 Å². The number of aryl methyl sites for hydroxylation is 1. The van der Waals surface area contributed by atoms with Gasteiger partial charge in [-0.3, -0.25) is 0 Å². The van der Waals surface area contributed by atoms with Gasteiger partial charge in [0.2, 0.25) is 0 Å². The van der Waals surface area contributed by atoms with Crippen molar-refractivity contribution in [3.05, 3.63) is 150 Å². The van der Waals surface area contributed by atoms with Gasteiger partial charge in [-0.05, 0) is 78.6 Å². The van der Waals surface area contributed by atoms with E-state index in [4.69, 9.17) is 9.84 Å². The second kappa shape index (κ2) is 8.17. The van der Waals surface area contributed by atoms with E-state index in [2.05, 4.69) is 160 Å². The molecule has 3 aliphatic rings. The highest BCUT2D eigenvalue weighted by Gasteiger charge is 2.70. The zero-order valence-corrected chi connectivity index (χ0v) is 25.3. The van der Waals surface area contributed by atoms with Gasteiger partial charge in [0.1, 0.15) is 28.9 Å². The molecule has 0 saturated heterocycles. The largest absolute Gasteiger partial charge is 0.456 e. The summed E-state index contributed by atoms with van der Waals surface area (Å²) in [6.45, 7) is 4.41. The maximum Gasteiger partial charge on any atom is 0.423 e. The molecule has 46 heavy (non-hydrogen) atoms. The van der Waals surface area contributed by atoms with Gasteiger partial charge in [-0.15, -0.1) is 0 Å². The van der Waals surface area contributed by atoms with Crippen LogP contribution in [0.5, 0.6) is 11.5 Å². The number of benzene rings is 5. The molecule has 0 N–H and O–H groups in total. The Morgan fingerprint density at radius 3 is 2.46 bits per heavy atom. The van der Waals surface area contributed by atoms with Gasteiger partial charge in [0, 0.05) is 27.5 Å². The molecule has 11 rings (SSSR count). The number of ether oxygens (including phenoxy) is 1.